The molecule has 0 aromatic heterocycles. The zero-order valence-corrected chi connectivity index (χ0v) is 15.9. The second-order valence-electron chi connectivity index (χ2n) is 7.44. The van der Waals surface area contributed by atoms with Crippen LogP contribution in [-0.4, -0.2) is 35.7 Å². The SMILES string of the molecule is CCOC(=O)CCc1ccc2c(c1)C(C)N(C(=O)OC(C)(C)C)CC2. The van der Waals surface area contributed by atoms with E-state index in [1.54, 1.807) is 4.90 Å². The first kappa shape index (κ1) is 19.3. The van der Waals surface area contributed by atoms with Crippen LogP contribution in [0.15, 0.2) is 18.2 Å². The summed E-state index contributed by atoms with van der Waals surface area (Å²) in [6.45, 7) is 10.5. The first-order chi connectivity index (χ1) is 11.7. The van der Waals surface area contributed by atoms with Crippen LogP contribution in [0, 0.1) is 0 Å². The Morgan fingerprint density at radius 2 is 2.00 bits per heavy atom. The molecule has 0 radical (unpaired) electrons. The summed E-state index contributed by atoms with van der Waals surface area (Å²) in [5, 5.41) is 0. The van der Waals surface area contributed by atoms with E-state index in [-0.39, 0.29) is 18.1 Å². The van der Waals surface area contributed by atoms with Gasteiger partial charge < -0.3 is 14.4 Å². The monoisotopic (exact) mass is 347 g/mol. The van der Waals surface area contributed by atoms with Crippen molar-refractivity contribution in [3.8, 4) is 0 Å². The van der Waals surface area contributed by atoms with Gasteiger partial charge >= 0.3 is 12.1 Å². The minimum absolute atomic E-state index is 0.0406. The number of nitrogens with zero attached hydrogens (tertiary/aromatic N) is 1. The number of ether oxygens (including phenoxy) is 2. The molecule has 0 saturated carbocycles. The van der Waals surface area contributed by atoms with Gasteiger partial charge in [-0.1, -0.05) is 18.2 Å². The predicted octanol–water partition coefficient (Wildman–Crippen LogP) is 4.04. The molecule has 138 valence electrons. The van der Waals surface area contributed by atoms with Crippen molar-refractivity contribution in [1.82, 2.24) is 4.90 Å². The van der Waals surface area contributed by atoms with Crippen molar-refractivity contribution in [3.05, 3.63) is 34.9 Å². The maximum atomic E-state index is 12.4. The normalized spacial score (nSPS) is 17.0. The number of fused-ring (bicyclic) bond motifs is 1. The van der Waals surface area contributed by atoms with Crippen LogP contribution in [0.3, 0.4) is 0 Å². The number of hydrogen-bond acceptors (Lipinski definition) is 4. The number of esters is 1. The van der Waals surface area contributed by atoms with Gasteiger partial charge in [0.05, 0.1) is 12.6 Å². The van der Waals surface area contributed by atoms with Crippen LogP contribution < -0.4 is 0 Å². The second kappa shape index (κ2) is 7.89. The van der Waals surface area contributed by atoms with Crippen molar-refractivity contribution in [1.29, 1.82) is 0 Å². The molecule has 1 aromatic carbocycles. The zero-order valence-electron chi connectivity index (χ0n) is 15.9. The van der Waals surface area contributed by atoms with Gasteiger partial charge in [0.2, 0.25) is 0 Å². The van der Waals surface area contributed by atoms with Gasteiger partial charge in [0.1, 0.15) is 5.60 Å². The first-order valence-corrected chi connectivity index (χ1v) is 8.98. The molecule has 0 bridgehead atoms. The third kappa shape index (κ3) is 5.21. The number of rotatable bonds is 4. The summed E-state index contributed by atoms with van der Waals surface area (Å²) < 4.78 is 10.5. The van der Waals surface area contributed by atoms with E-state index < -0.39 is 5.60 Å². The highest BCUT2D eigenvalue weighted by Crippen LogP contribution is 2.31. The molecule has 1 aromatic rings. The molecule has 0 saturated heterocycles. The fourth-order valence-corrected chi connectivity index (χ4v) is 3.07. The van der Waals surface area contributed by atoms with Crippen molar-refractivity contribution < 1.29 is 19.1 Å². The molecule has 25 heavy (non-hydrogen) atoms. The second-order valence-corrected chi connectivity index (χ2v) is 7.44. The van der Waals surface area contributed by atoms with Crippen LogP contribution in [0.4, 0.5) is 4.79 Å². The molecule has 1 atom stereocenters. The number of hydrogen-bond donors (Lipinski definition) is 0. The van der Waals surface area contributed by atoms with Crippen molar-refractivity contribution in [2.24, 2.45) is 0 Å². The number of benzene rings is 1. The molecule has 5 heteroatoms. The molecule has 2 rings (SSSR count). The Hall–Kier alpha value is -2.04. The maximum Gasteiger partial charge on any atom is 0.410 e. The smallest absolute Gasteiger partial charge is 0.410 e. The van der Waals surface area contributed by atoms with E-state index in [1.165, 1.54) is 5.56 Å². The largest absolute Gasteiger partial charge is 0.466 e. The Bertz CT molecular complexity index is 633. The molecular weight excluding hydrogens is 318 g/mol. The highest BCUT2D eigenvalue weighted by atomic mass is 16.6. The first-order valence-electron chi connectivity index (χ1n) is 8.98. The van der Waals surface area contributed by atoms with Crippen LogP contribution >= 0.6 is 0 Å². The molecule has 0 spiro atoms. The predicted molar refractivity (Wildman–Crippen MR) is 96.5 cm³/mol. The lowest BCUT2D eigenvalue weighted by molar-refractivity contribution is -0.143. The van der Waals surface area contributed by atoms with Gasteiger partial charge in [-0.25, -0.2) is 4.79 Å². The Morgan fingerprint density at radius 1 is 1.28 bits per heavy atom. The fraction of sp³-hybridized carbons (Fsp3) is 0.600. The van der Waals surface area contributed by atoms with Gasteiger partial charge in [0, 0.05) is 13.0 Å². The van der Waals surface area contributed by atoms with Crippen molar-refractivity contribution in [2.45, 2.75) is 65.5 Å². The third-order valence-corrected chi connectivity index (χ3v) is 4.30. The number of amides is 1. The fourth-order valence-electron chi connectivity index (χ4n) is 3.07. The van der Waals surface area contributed by atoms with Crippen molar-refractivity contribution in [2.75, 3.05) is 13.2 Å². The molecule has 1 aliphatic heterocycles. The molecular formula is C20H29NO4. The summed E-state index contributed by atoms with van der Waals surface area (Å²) in [7, 11) is 0. The lowest BCUT2D eigenvalue weighted by atomic mass is 9.91. The quantitative estimate of drug-likeness (QED) is 0.772. The number of aryl methyl sites for hydroxylation is 1. The van der Waals surface area contributed by atoms with Gasteiger partial charge in [0.15, 0.2) is 0 Å². The lowest BCUT2D eigenvalue weighted by Gasteiger charge is -2.36. The summed E-state index contributed by atoms with van der Waals surface area (Å²) in [5.74, 6) is -0.177. The van der Waals surface area contributed by atoms with E-state index in [4.69, 9.17) is 9.47 Å². The summed E-state index contributed by atoms with van der Waals surface area (Å²) in [4.78, 5) is 25.8. The van der Waals surface area contributed by atoms with Gasteiger partial charge in [0.25, 0.3) is 0 Å². The molecule has 0 fully saturated rings. The van der Waals surface area contributed by atoms with Gasteiger partial charge in [-0.3, -0.25) is 4.79 Å². The summed E-state index contributed by atoms with van der Waals surface area (Å²) in [5.41, 5.74) is 2.98. The molecule has 5 nitrogen and oxygen atoms in total. The van der Waals surface area contributed by atoms with E-state index in [9.17, 15) is 9.59 Å². The highest BCUT2D eigenvalue weighted by molar-refractivity contribution is 5.70. The minimum atomic E-state index is -0.501. The van der Waals surface area contributed by atoms with Crippen LogP contribution in [0.1, 0.15) is 63.8 Å². The average molecular weight is 347 g/mol. The van der Waals surface area contributed by atoms with Gasteiger partial charge in [-0.2, -0.15) is 0 Å². The van der Waals surface area contributed by atoms with Crippen LogP contribution in [0.25, 0.3) is 0 Å². The number of carbonyl (C=O) groups is 2. The lowest BCUT2D eigenvalue weighted by Crippen LogP contribution is -2.42. The Labute approximate surface area is 150 Å². The van der Waals surface area contributed by atoms with E-state index >= 15 is 0 Å². The average Bonchev–Trinajstić information content (AvgIpc) is 2.52. The van der Waals surface area contributed by atoms with Gasteiger partial charge in [-0.05, 0) is 64.2 Å². The van der Waals surface area contributed by atoms with E-state index in [0.29, 0.717) is 26.0 Å². The molecule has 1 unspecified atom stereocenters. The molecule has 1 heterocycles. The standard InChI is InChI=1S/C20H29NO4/c1-6-24-18(22)10-8-15-7-9-16-11-12-21(14(2)17(16)13-15)19(23)25-20(3,4)5/h7,9,13-14H,6,8,10-12H2,1-5H3. The van der Waals surface area contributed by atoms with Crippen LogP contribution in [0.2, 0.25) is 0 Å². The molecule has 1 aliphatic rings. The van der Waals surface area contributed by atoms with Crippen LogP contribution in [-0.2, 0) is 27.1 Å². The Balaban J connectivity index is 2.10. The van der Waals surface area contributed by atoms with Crippen molar-refractivity contribution >= 4 is 12.1 Å². The maximum absolute atomic E-state index is 12.4. The summed E-state index contributed by atoms with van der Waals surface area (Å²) in [6, 6.07) is 6.24. The molecule has 0 N–H and O–H groups in total. The van der Waals surface area contributed by atoms with E-state index in [0.717, 1.165) is 17.5 Å². The Morgan fingerprint density at radius 3 is 2.64 bits per heavy atom. The third-order valence-electron chi connectivity index (χ3n) is 4.30. The summed E-state index contributed by atoms with van der Waals surface area (Å²) >= 11 is 0. The van der Waals surface area contributed by atoms with E-state index in [2.05, 4.69) is 18.2 Å². The van der Waals surface area contributed by atoms with E-state index in [1.807, 2.05) is 34.6 Å². The van der Waals surface area contributed by atoms with Crippen molar-refractivity contribution in [3.63, 3.8) is 0 Å². The topological polar surface area (TPSA) is 55.8 Å². The number of carbonyl (C=O) groups excluding carboxylic acids is 2. The van der Waals surface area contributed by atoms with Gasteiger partial charge in [-0.15, -0.1) is 0 Å². The molecule has 1 amide bonds. The zero-order chi connectivity index (χ0) is 18.6. The van der Waals surface area contributed by atoms with Crippen LogP contribution in [0.5, 0.6) is 0 Å². The Kier molecular flexibility index (Phi) is 6.09. The molecule has 0 aliphatic carbocycles. The summed E-state index contributed by atoms with van der Waals surface area (Å²) in [6.07, 6.45) is 1.56. The highest BCUT2D eigenvalue weighted by Gasteiger charge is 2.31. The minimum Gasteiger partial charge on any atom is -0.466 e.